The van der Waals surface area contributed by atoms with Gasteiger partial charge < -0.3 is 14.4 Å². The highest BCUT2D eigenvalue weighted by Crippen LogP contribution is 2.30. The highest BCUT2D eigenvalue weighted by atomic mass is 79.9. The molecule has 1 aliphatic carbocycles. The highest BCUT2D eigenvalue weighted by Gasteiger charge is 2.29. The third-order valence-corrected chi connectivity index (χ3v) is 7.60. The molecule has 5 nitrogen and oxygen atoms in total. The number of hydrogen-bond acceptors (Lipinski definition) is 3. The average molecular weight is 551 g/mol. The van der Waals surface area contributed by atoms with Gasteiger partial charge in [-0.05, 0) is 87.7 Å². The molecule has 0 N–H and O–H groups in total. The number of pyridine rings is 1. The SMILES string of the molecule is CCC(c1cc2c(c(=O)n1Cc1ccccc1)CCCC2)N(CCN(C)C)C(=O)c1ccc(Br)cc1. The molecule has 0 fully saturated rings. The monoisotopic (exact) mass is 549 g/mol. The summed E-state index contributed by atoms with van der Waals surface area (Å²) in [6, 6.07) is 19.7. The fourth-order valence-electron chi connectivity index (χ4n) is 5.13. The number of rotatable bonds is 9. The van der Waals surface area contributed by atoms with E-state index in [1.165, 1.54) is 0 Å². The van der Waals surface area contributed by atoms with E-state index < -0.39 is 0 Å². The normalized spacial score (nSPS) is 13.9. The zero-order valence-electron chi connectivity index (χ0n) is 21.5. The molecule has 1 unspecified atom stereocenters. The second-order valence-corrected chi connectivity index (χ2v) is 10.8. The van der Waals surface area contributed by atoms with Crippen molar-refractivity contribution in [1.82, 2.24) is 14.4 Å². The van der Waals surface area contributed by atoms with Crippen molar-refractivity contribution in [1.29, 1.82) is 0 Å². The maximum absolute atomic E-state index is 13.9. The van der Waals surface area contributed by atoms with Gasteiger partial charge in [0.15, 0.2) is 0 Å². The lowest BCUT2D eigenvalue weighted by Crippen LogP contribution is -2.42. The number of benzene rings is 2. The number of carbonyl (C=O) groups excluding carboxylic acids is 1. The van der Waals surface area contributed by atoms with Gasteiger partial charge in [0.1, 0.15) is 0 Å². The lowest BCUT2D eigenvalue weighted by molar-refractivity contribution is 0.0647. The van der Waals surface area contributed by atoms with Crippen LogP contribution in [0.4, 0.5) is 0 Å². The molecule has 4 rings (SSSR count). The Balaban J connectivity index is 1.83. The van der Waals surface area contributed by atoms with Crippen molar-refractivity contribution in [3.8, 4) is 0 Å². The van der Waals surface area contributed by atoms with Crippen molar-refractivity contribution in [2.75, 3.05) is 27.2 Å². The topological polar surface area (TPSA) is 45.6 Å². The number of halogens is 1. The van der Waals surface area contributed by atoms with E-state index in [0.29, 0.717) is 18.7 Å². The summed E-state index contributed by atoms with van der Waals surface area (Å²) in [7, 11) is 4.04. The Labute approximate surface area is 222 Å². The second kappa shape index (κ2) is 12.0. The molecule has 3 aromatic rings. The molecule has 0 bridgehead atoms. The highest BCUT2D eigenvalue weighted by molar-refractivity contribution is 9.10. The Morgan fingerprint density at radius 2 is 1.69 bits per heavy atom. The summed E-state index contributed by atoms with van der Waals surface area (Å²) >= 11 is 3.48. The van der Waals surface area contributed by atoms with Crippen molar-refractivity contribution in [2.45, 2.75) is 51.6 Å². The van der Waals surface area contributed by atoms with Crippen molar-refractivity contribution in [2.24, 2.45) is 0 Å². The number of fused-ring (bicyclic) bond motifs is 1. The van der Waals surface area contributed by atoms with Gasteiger partial charge in [0, 0.05) is 34.4 Å². The Kier molecular flexibility index (Phi) is 8.81. The molecule has 0 spiro atoms. The predicted molar refractivity (Wildman–Crippen MR) is 150 cm³/mol. The number of amides is 1. The van der Waals surface area contributed by atoms with Crippen LogP contribution in [0.5, 0.6) is 0 Å². The van der Waals surface area contributed by atoms with Crippen LogP contribution in [0.15, 0.2) is 69.9 Å². The third-order valence-electron chi connectivity index (χ3n) is 7.08. The van der Waals surface area contributed by atoms with Gasteiger partial charge in [-0.2, -0.15) is 0 Å². The summed E-state index contributed by atoms with van der Waals surface area (Å²) in [5.41, 5.74) is 4.91. The van der Waals surface area contributed by atoms with Gasteiger partial charge in [-0.15, -0.1) is 0 Å². The standard InChI is InChI=1S/C30H36BrN3O2/c1-4-27(33(19-18-32(2)3)29(35)23-14-16-25(31)17-15-23)28-20-24-12-8-9-13-26(24)30(36)34(28)21-22-10-6-5-7-11-22/h5-7,10-11,14-17,20,27H,4,8-9,12-13,18-19,21H2,1-3H3. The van der Waals surface area contributed by atoms with E-state index in [4.69, 9.17) is 0 Å². The minimum Gasteiger partial charge on any atom is -0.329 e. The van der Waals surface area contributed by atoms with Crippen LogP contribution in [0.3, 0.4) is 0 Å². The molecule has 1 heterocycles. The largest absolute Gasteiger partial charge is 0.329 e. The quantitative estimate of drug-likeness (QED) is 0.344. The molecule has 0 saturated carbocycles. The minimum absolute atomic E-state index is 0.00682. The summed E-state index contributed by atoms with van der Waals surface area (Å²) in [6.45, 7) is 3.94. The number of nitrogens with zero attached hydrogens (tertiary/aromatic N) is 3. The van der Waals surface area contributed by atoms with Crippen molar-refractivity contribution >= 4 is 21.8 Å². The Morgan fingerprint density at radius 1 is 1.00 bits per heavy atom. The van der Waals surface area contributed by atoms with Gasteiger partial charge in [-0.1, -0.05) is 53.2 Å². The Hall–Kier alpha value is -2.70. The van der Waals surface area contributed by atoms with E-state index in [1.54, 1.807) is 0 Å². The molecule has 6 heteroatoms. The third kappa shape index (κ3) is 5.98. The van der Waals surface area contributed by atoms with Crippen LogP contribution in [0.2, 0.25) is 0 Å². The van der Waals surface area contributed by atoms with E-state index >= 15 is 0 Å². The molecule has 1 aliphatic rings. The van der Waals surface area contributed by atoms with Gasteiger partial charge in [-0.3, -0.25) is 9.59 Å². The number of carbonyl (C=O) groups is 1. The molecular weight excluding hydrogens is 514 g/mol. The summed E-state index contributed by atoms with van der Waals surface area (Å²) in [4.78, 5) is 31.8. The summed E-state index contributed by atoms with van der Waals surface area (Å²) < 4.78 is 2.88. The van der Waals surface area contributed by atoms with Crippen molar-refractivity contribution in [3.63, 3.8) is 0 Å². The van der Waals surface area contributed by atoms with E-state index in [2.05, 4.69) is 46.0 Å². The number of hydrogen-bond donors (Lipinski definition) is 0. The lowest BCUT2D eigenvalue weighted by atomic mass is 9.90. The number of likely N-dealkylation sites (N-methyl/N-ethyl adjacent to an activating group) is 1. The minimum atomic E-state index is -0.204. The summed E-state index contributed by atoms with van der Waals surface area (Å²) in [6.07, 6.45) is 4.65. The van der Waals surface area contributed by atoms with Crippen LogP contribution < -0.4 is 5.56 Å². The lowest BCUT2D eigenvalue weighted by Gasteiger charge is -2.35. The number of aromatic nitrogens is 1. The van der Waals surface area contributed by atoms with Crippen LogP contribution in [0, 0.1) is 0 Å². The van der Waals surface area contributed by atoms with E-state index in [9.17, 15) is 9.59 Å². The fourth-order valence-corrected chi connectivity index (χ4v) is 5.39. The van der Waals surface area contributed by atoms with E-state index in [-0.39, 0.29) is 17.5 Å². The fraction of sp³-hybridized carbons (Fsp3) is 0.400. The molecule has 0 aliphatic heterocycles. The zero-order valence-corrected chi connectivity index (χ0v) is 23.1. The van der Waals surface area contributed by atoms with Crippen molar-refractivity contribution < 1.29 is 4.79 Å². The van der Waals surface area contributed by atoms with Crippen LogP contribution >= 0.6 is 15.9 Å². The first-order valence-electron chi connectivity index (χ1n) is 12.9. The van der Waals surface area contributed by atoms with Gasteiger partial charge >= 0.3 is 0 Å². The summed E-state index contributed by atoms with van der Waals surface area (Å²) in [5, 5.41) is 0. The molecule has 1 atom stereocenters. The molecule has 190 valence electrons. The number of aryl methyl sites for hydroxylation is 1. The van der Waals surface area contributed by atoms with Crippen LogP contribution in [0.25, 0.3) is 0 Å². The molecule has 1 amide bonds. The van der Waals surface area contributed by atoms with Crippen LogP contribution in [-0.2, 0) is 19.4 Å². The first-order chi connectivity index (χ1) is 17.4. The zero-order chi connectivity index (χ0) is 25.7. The molecule has 0 saturated heterocycles. The van der Waals surface area contributed by atoms with Gasteiger partial charge in [0.05, 0.1) is 12.6 Å². The maximum atomic E-state index is 13.9. The molecular formula is C30H36BrN3O2. The summed E-state index contributed by atoms with van der Waals surface area (Å²) in [5.74, 6) is -0.00682. The molecule has 0 radical (unpaired) electrons. The first-order valence-corrected chi connectivity index (χ1v) is 13.7. The van der Waals surface area contributed by atoms with Crippen LogP contribution in [-0.4, -0.2) is 47.5 Å². The van der Waals surface area contributed by atoms with Crippen molar-refractivity contribution in [3.05, 3.63) is 103 Å². The molecule has 36 heavy (non-hydrogen) atoms. The maximum Gasteiger partial charge on any atom is 0.254 e. The molecule has 1 aromatic heterocycles. The van der Waals surface area contributed by atoms with Crippen LogP contribution in [0.1, 0.15) is 65.0 Å². The van der Waals surface area contributed by atoms with E-state index in [1.807, 2.05) is 66.0 Å². The van der Waals surface area contributed by atoms with Gasteiger partial charge in [-0.25, -0.2) is 0 Å². The predicted octanol–water partition coefficient (Wildman–Crippen LogP) is 5.69. The smallest absolute Gasteiger partial charge is 0.254 e. The second-order valence-electron chi connectivity index (χ2n) is 9.89. The Morgan fingerprint density at radius 3 is 2.36 bits per heavy atom. The van der Waals surface area contributed by atoms with E-state index in [0.717, 1.165) is 65.5 Å². The van der Waals surface area contributed by atoms with Gasteiger partial charge in [0.25, 0.3) is 11.5 Å². The van der Waals surface area contributed by atoms with Gasteiger partial charge in [0.2, 0.25) is 0 Å². The first kappa shape index (κ1) is 26.4. The average Bonchev–Trinajstić information content (AvgIpc) is 2.89. The Bertz CT molecular complexity index is 1240. The molecule has 2 aromatic carbocycles.